The quantitative estimate of drug-likeness (QED) is 0.904. The third-order valence-corrected chi connectivity index (χ3v) is 3.66. The molecule has 0 aliphatic carbocycles. The Kier molecular flexibility index (Phi) is 3.35. The Morgan fingerprint density at radius 2 is 2.00 bits per heavy atom. The number of benzene rings is 1. The van der Waals surface area contributed by atoms with Gasteiger partial charge < -0.3 is 15.0 Å². The second-order valence-corrected chi connectivity index (χ2v) is 5.09. The van der Waals surface area contributed by atoms with Gasteiger partial charge in [0.15, 0.2) is 0 Å². The topological polar surface area (TPSA) is 40.2 Å². The summed E-state index contributed by atoms with van der Waals surface area (Å²) in [5, 5.41) is 1.30. The third-order valence-electron chi connectivity index (χ3n) is 3.66. The van der Waals surface area contributed by atoms with Crippen LogP contribution in [-0.4, -0.2) is 11.7 Å². The van der Waals surface area contributed by atoms with Crippen LogP contribution in [0.15, 0.2) is 12.1 Å². The molecule has 0 bridgehead atoms. The van der Waals surface area contributed by atoms with Gasteiger partial charge in [0.2, 0.25) is 0 Å². The monoisotopic (exact) mass is 246 g/mol. The van der Waals surface area contributed by atoms with Crippen molar-refractivity contribution in [1.82, 2.24) is 4.57 Å². The molecule has 0 aliphatic rings. The van der Waals surface area contributed by atoms with Gasteiger partial charge in [0.05, 0.1) is 12.6 Å². The highest BCUT2D eigenvalue weighted by molar-refractivity contribution is 5.93. The van der Waals surface area contributed by atoms with Crippen LogP contribution in [0.3, 0.4) is 0 Å². The molecule has 2 N–H and O–H groups in total. The molecule has 3 nitrogen and oxygen atoms in total. The Labute approximate surface area is 109 Å². The lowest BCUT2D eigenvalue weighted by Gasteiger charge is -2.09. The molecule has 0 amide bonds. The average molecular weight is 246 g/mol. The Balaban J connectivity index is 2.98. The van der Waals surface area contributed by atoms with Gasteiger partial charge >= 0.3 is 0 Å². The number of fused-ring (bicyclic) bond motifs is 1. The summed E-state index contributed by atoms with van der Waals surface area (Å²) in [5.41, 5.74) is 10.9. The maximum atomic E-state index is 5.93. The van der Waals surface area contributed by atoms with Gasteiger partial charge in [-0.15, -0.1) is 0 Å². The van der Waals surface area contributed by atoms with E-state index in [0.29, 0.717) is 12.5 Å². The highest BCUT2D eigenvalue weighted by Gasteiger charge is 2.20. The first-order valence-corrected chi connectivity index (χ1v) is 6.37. The van der Waals surface area contributed by atoms with Gasteiger partial charge in [-0.1, -0.05) is 19.9 Å². The van der Waals surface area contributed by atoms with Crippen molar-refractivity contribution >= 4 is 10.9 Å². The molecule has 1 aromatic heterocycles. The zero-order valence-corrected chi connectivity index (χ0v) is 11.9. The highest BCUT2D eigenvalue weighted by Crippen LogP contribution is 2.37. The fourth-order valence-electron chi connectivity index (χ4n) is 2.84. The molecule has 1 aromatic carbocycles. The van der Waals surface area contributed by atoms with Gasteiger partial charge in [0, 0.05) is 24.7 Å². The van der Waals surface area contributed by atoms with Gasteiger partial charge in [0.1, 0.15) is 5.75 Å². The van der Waals surface area contributed by atoms with Crippen molar-refractivity contribution in [2.24, 2.45) is 12.8 Å². The molecule has 98 valence electrons. The molecule has 0 spiro atoms. The first-order valence-electron chi connectivity index (χ1n) is 6.37. The molecule has 18 heavy (non-hydrogen) atoms. The zero-order chi connectivity index (χ0) is 13.4. The van der Waals surface area contributed by atoms with Crippen molar-refractivity contribution in [3.05, 3.63) is 29.0 Å². The summed E-state index contributed by atoms with van der Waals surface area (Å²) in [7, 11) is 3.78. The van der Waals surface area contributed by atoms with E-state index >= 15 is 0 Å². The highest BCUT2D eigenvalue weighted by atomic mass is 16.5. The van der Waals surface area contributed by atoms with Crippen LogP contribution in [0.5, 0.6) is 5.75 Å². The van der Waals surface area contributed by atoms with E-state index in [2.05, 4.69) is 38.5 Å². The second-order valence-electron chi connectivity index (χ2n) is 5.09. The lowest BCUT2D eigenvalue weighted by atomic mass is 9.96. The van der Waals surface area contributed by atoms with Crippen LogP contribution in [0, 0.1) is 6.92 Å². The molecule has 0 radical (unpaired) electrons. The Bertz CT molecular complexity index is 582. The number of aromatic nitrogens is 1. The van der Waals surface area contributed by atoms with Crippen molar-refractivity contribution in [1.29, 1.82) is 0 Å². The van der Waals surface area contributed by atoms with Crippen molar-refractivity contribution in [2.75, 3.05) is 7.11 Å². The summed E-state index contributed by atoms with van der Waals surface area (Å²) in [6.45, 7) is 7.13. The molecule has 3 heteroatoms. The molecule has 1 heterocycles. The standard InChI is InChI=1S/C15H22N2O/c1-9(2)13-11(8-16)17(4)15-12(18-5)7-6-10(3)14(13)15/h6-7,9H,8,16H2,1-5H3. The zero-order valence-electron chi connectivity index (χ0n) is 11.9. The maximum Gasteiger partial charge on any atom is 0.143 e. The Morgan fingerprint density at radius 1 is 1.33 bits per heavy atom. The minimum absolute atomic E-state index is 0.457. The SMILES string of the molecule is COc1ccc(C)c2c(C(C)C)c(CN)n(C)c12. The van der Waals surface area contributed by atoms with Gasteiger partial charge in [-0.25, -0.2) is 0 Å². The first kappa shape index (κ1) is 13.0. The summed E-state index contributed by atoms with van der Waals surface area (Å²) >= 11 is 0. The van der Waals surface area contributed by atoms with E-state index in [9.17, 15) is 0 Å². The molecule has 0 fully saturated rings. The van der Waals surface area contributed by atoms with E-state index in [0.717, 1.165) is 11.3 Å². The van der Waals surface area contributed by atoms with Crippen LogP contribution in [0.1, 0.15) is 36.6 Å². The number of hydrogen-bond donors (Lipinski definition) is 1. The molecule has 2 aromatic rings. The molecule has 0 unspecified atom stereocenters. The van der Waals surface area contributed by atoms with Crippen molar-refractivity contribution in [3.63, 3.8) is 0 Å². The molecular formula is C15H22N2O. The van der Waals surface area contributed by atoms with Crippen LogP contribution in [-0.2, 0) is 13.6 Å². The van der Waals surface area contributed by atoms with Crippen molar-refractivity contribution < 1.29 is 4.74 Å². The van der Waals surface area contributed by atoms with Gasteiger partial charge in [-0.05, 0) is 30.0 Å². The number of ether oxygens (including phenoxy) is 1. The van der Waals surface area contributed by atoms with E-state index in [4.69, 9.17) is 10.5 Å². The Morgan fingerprint density at radius 3 is 2.50 bits per heavy atom. The van der Waals surface area contributed by atoms with E-state index in [-0.39, 0.29) is 0 Å². The smallest absolute Gasteiger partial charge is 0.143 e. The number of hydrogen-bond acceptors (Lipinski definition) is 2. The third kappa shape index (κ3) is 1.70. The van der Waals surface area contributed by atoms with Crippen LogP contribution in [0.2, 0.25) is 0 Å². The molecule has 0 saturated heterocycles. The number of rotatable bonds is 3. The van der Waals surface area contributed by atoms with Crippen LogP contribution >= 0.6 is 0 Å². The number of nitrogens with zero attached hydrogens (tertiary/aromatic N) is 1. The lowest BCUT2D eigenvalue weighted by molar-refractivity contribution is 0.417. The first-order chi connectivity index (χ1) is 8.52. The molecular weight excluding hydrogens is 224 g/mol. The Hall–Kier alpha value is -1.48. The van der Waals surface area contributed by atoms with Crippen LogP contribution in [0.25, 0.3) is 10.9 Å². The predicted molar refractivity (Wildman–Crippen MR) is 76.2 cm³/mol. The van der Waals surface area contributed by atoms with Gasteiger partial charge in [-0.3, -0.25) is 0 Å². The fourth-order valence-corrected chi connectivity index (χ4v) is 2.84. The van der Waals surface area contributed by atoms with E-state index in [1.54, 1.807) is 7.11 Å². The fraction of sp³-hybridized carbons (Fsp3) is 0.467. The number of methoxy groups -OCH3 is 1. The van der Waals surface area contributed by atoms with E-state index in [1.165, 1.54) is 22.2 Å². The minimum Gasteiger partial charge on any atom is -0.495 e. The van der Waals surface area contributed by atoms with E-state index < -0.39 is 0 Å². The van der Waals surface area contributed by atoms with Gasteiger partial charge in [0.25, 0.3) is 0 Å². The minimum atomic E-state index is 0.457. The second kappa shape index (κ2) is 4.65. The van der Waals surface area contributed by atoms with Crippen LogP contribution in [0.4, 0.5) is 0 Å². The van der Waals surface area contributed by atoms with Crippen LogP contribution < -0.4 is 10.5 Å². The molecule has 2 rings (SSSR count). The molecule has 0 atom stereocenters. The number of nitrogens with two attached hydrogens (primary N) is 1. The number of aryl methyl sites for hydroxylation is 2. The normalized spacial score (nSPS) is 11.5. The van der Waals surface area contributed by atoms with Crippen molar-refractivity contribution in [3.8, 4) is 5.75 Å². The summed E-state index contributed by atoms with van der Waals surface area (Å²) in [4.78, 5) is 0. The van der Waals surface area contributed by atoms with Crippen molar-refractivity contribution in [2.45, 2.75) is 33.2 Å². The van der Waals surface area contributed by atoms with E-state index in [1.807, 2.05) is 6.07 Å². The maximum absolute atomic E-state index is 5.93. The average Bonchev–Trinajstić information content (AvgIpc) is 2.64. The largest absolute Gasteiger partial charge is 0.495 e. The predicted octanol–water partition coefficient (Wildman–Crippen LogP) is 3.08. The van der Waals surface area contributed by atoms with Gasteiger partial charge in [-0.2, -0.15) is 0 Å². The summed E-state index contributed by atoms with van der Waals surface area (Å²) in [6.07, 6.45) is 0. The summed E-state index contributed by atoms with van der Waals surface area (Å²) in [5.74, 6) is 1.37. The lowest BCUT2D eigenvalue weighted by Crippen LogP contribution is -2.06. The summed E-state index contributed by atoms with van der Waals surface area (Å²) in [6, 6.07) is 4.15. The summed E-state index contributed by atoms with van der Waals surface area (Å²) < 4.78 is 7.67. The molecule has 0 aliphatic heterocycles. The molecule has 0 saturated carbocycles.